The summed E-state index contributed by atoms with van der Waals surface area (Å²) in [5, 5.41) is 27.3. The summed E-state index contributed by atoms with van der Waals surface area (Å²) in [7, 11) is 0. The van der Waals surface area contributed by atoms with Crippen molar-refractivity contribution in [2.75, 3.05) is 5.32 Å². The number of rotatable bonds is 6. The molecule has 3 N–H and O–H groups in total. The van der Waals surface area contributed by atoms with Crippen molar-refractivity contribution in [1.82, 2.24) is 24.7 Å². The fourth-order valence-corrected chi connectivity index (χ4v) is 4.54. The number of hydrogen-bond donors (Lipinski definition) is 3. The first-order valence-corrected chi connectivity index (χ1v) is 13.0. The van der Waals surface area contributed by atoms with Gasteiger partial charge in [-0.1, -0.05) is 42.5 Å². The molecule has 1 atom stereocenters. The highest BCUT2D eigenvalue weighted by Crippen LogP contribution is 2.28. The van der Waals surface area contributed by atoms with E-state index in [1.807, 2.05) is 79.1 Å². The Labute approximate surface area is 247 Å². The molecule has 1 unspecified atom stereocenters. The zero-order chi connectivity index (χ0) is 31.3. The van der Waals surface area contributed by atoms with Crippen LogP contribution in [0.3, 0.4) is 0 Å². The van der Waals surface area contributed by atoms with E-state index in [1.165, 1.54) is 6.33 Å². The second-order valence-electron chi connectivity index (χ2n) is 9.49. The van der Waals surface area contributed by atoms with Crippen molar-refractivity contribution >= 4 is 39.4 Å². The van der Waals surface area contributed by atoms with Crippen molar-refractivity contribution in [3.05, 3.63) is 109 Å². The van der Waals surface area contributed by atoms with Crippen LogP contribution in [0.2, 0.25) is 0 Å². The maximum absolute atomic E-state index is 13.1. The summed E-state index contributed by atoms with van der Waals surface area (Å²) in [6.45, 7) is 0. The summed E-state index contributed by atoms with van der Waals surface area (Å²) in [6.07, 6.45) is 2.05. The van der Waals surface area contributed by atoms with Crippen molar-refractivity contribution in [1.29, 1.82) is 5.26 Å². The predicted molar refractivity (Wildman–Crippen MR) is 156 cm³/mol. The number of H-pyrrole nitrogens is 1. The zero-order valence-corrected chi connectivity index (χ0v) is 22.7. The summed E-state index contributed by atoms with van der Waals surface area (Å²) in [4.78, 5) is 33.8. The molecule has 0 bridgehead atoms. The highest BCUT2D eigenvalue weighted by molar-refractivity contribution is 6.05. The van der Waals surface area contributed by atoms with Crippen LogP contribution in [-0.4, -0.2) is 47.9 Å². The van der Waals surface area contributed by atoms with E-state index in [1.54, 1.807) is 16.9 Å². The Hall–Kier alpha value is -6.03. The number of nitrogens with zero attached hydrogens (tertiary/aromatic N) is 5. The largest absolute Gasteiger partial charge is 0.490 e. The number of aromatic nitrogens is 5. The minimum absolute atomic E-state index is 0.195. The van der Waals surface area contributed by atoms with E-state index in [4.69, 9.17) is 9.90 Å². The van der Waals surface area contributed by atoms with Gasteiger partial charge in [0.2, 0.25) is 0 Å². The second-order valence-corrected chi connectivity index (χ2v) is 9.49. The number of anilines is 1. The Kier molecular flexibility index (Phi) is 8.34. The standard InChI is InChI=1S/C29H21N7O.C2HF3O2/c30-12-10-26(36-17-23(16-34-36)27-25-11-13-31-28(25)33-18-32-27)21-6-3-7-22(14-21)29(37)35-24-9-8-19-4-1-2-5-20(19)15-24;3-2(4,5)1(6)7/h1-9,11,13-18,26H,10H2,(H,35,37)(H,31,32,33);(H,6,7). The molecule has 44 heavy (non-hydrogen) atoms. The number of halogens is 3. The van der Waals surface area contributed by atoms with Gasteiger partial charge in [-0.25, -0.2) is 14.8 Å². The van der Waals surface area contributed by atoms with Crippen molar-refractivity contribution in [2.45, 2.75) is 18.6 Å². The molecule has 0 aliphatic carbocycles. The first-order valence-electron chi connectivity index (χ1n) is 13.0. The first kappa shape index (κ1) is 29.5. The van der Waals surface area contributed by atoms with Gasteiger partial charge in [-0.05, 0) is 46.7 Å². The SMILES string of the molecule is N#CCC(c1cccc(C(=O)Nc2ccc3ccccc3c2)c1)n1cc(-c2ncnc3[nH]ccc23)cn1.O=C(O)C(F)(F)F. The maximum atomic E-state index is 13.1. The van der Waals surface area contributed by atoms with Crippen molar-refractivity contribution in [3.63, 3.8) is 0 Å². The molecule has 10 nitrogen and oxygen atoms in total. The third-order valence-electron chi connectivity index (χ3n) is 6.62. The van der Waals surface area contributed by atoms with Gasteiger partial charge in [-0.15, -0.1) is 0 Å². The van der Waals surface area contributed by atoms with Crippen molar-refractivity contribution < 1.29 is 27.9 Å². The average molecular weight is 598 g/mol. The molecule has 0 saturated heterocycles. The van der Waals surface area contributed by atoms with E-state index in [-0.39, 0.29) is 18.4 Å². The van der Waals surface area contributed by atoms with E-state index in [0.29, 0.717) is 5.56 Å². The van der Waals surface area contributed by atoms with E-state index >= 15 is 0 Å². The van der Waals surface area contributed by atoms with Crippen LogP contribution < -0.4 is 5.32 Å². The molecule has 0 aliphatic heterocycles. The van der Waals surface area contributed by atoms with Crippen LogP contribution >= 0.6 is 0 Å². The van der Waals surface area contributed by atoms with Crippen LogP contribution in [0.1, 0.15) is 28.4 Å². The van der Waals surface area contributed by atoms with E-state index < -0.39 is 12.1 Å². The van der Waals surface area contributed by atoms with Gasteiger partial charge in [0.15, 0.2) is 0 Å². The van der Waals surface area contributed by atoms with Crippen LogP contribution in [0.4, 0.5) is 18.9 Å². The van der Waals surface area contributed by atoms with Crippen LogP contribution in [0.25, 0.3) is 33.1 Å². The fourth-order valence-electron chi connectivity index (χ4n) is 4.54. The topological polar surface area (TPSA) is 150 Å². The maximum Gasteiger partial charge on any atom is 0.490 e. The third kappa shape index (κ3) is 6.55. The molecule has 0 spiro atoms. The number of hydrogen-bond acceptors (Lipinski definition) is 6. The van der Waals surface area contributed by atoms with Crippen LogP contribution in [-0.2, 0) is 4.79 Å². The minimum Gasteiger partial charge on any atom is -0.475 e. The van der Waals surface area contributed by atoms with Crippen LogP contribution in [0, 0.1) is 11.3 Å². The molecule has 0 fully saturated rings. The molecule has 3 aromatic carbocycles. The Balaban J connectivity index is 0.000000493. The molecular formula is C31H22F3N7O3. The van der Waals surface area contributed by atoms with Gasteiger partial charge in [-0.2, -0.15) is 23.5 Å². The fraction of sp³-hybridized carbons (Fsp3) is 0.0968. The number of carboxylic acids is 1. The molecule has 220 valence electrons. The summed E-state index contributed by atoms with van der Waals surface area (Å²) >= 11 is 0. The van der Waals surface area contributed by atoms with E-state index in [9.17, 15) is 23.2 Å². The van der Waals surface area contributed by atoms with Gasteiger partial charge in [0.05, 0.1) is 30.4 Å². The Morgan fingerprint density at radius 2 is 1.80 bits per heavy atom. The molecule has 0 aliphatic rings. The Morgan fingerprint density at radius 1 is 1.02 bits per heavy atom. The van der Waals surface area contributed by atoms with Gasteiger partial charge in [0.25, 0.3) is 5.91 Å². The second kappa shape index (κ2) is 12.5. The zero-order valence-electron chi connectivity index (χ0n) is 22.7. The average Bonchev–Trinajstić information content (AvgIpc) is 3.70. The van der Waals surface area contributed by atoms with Gasteiger partial charge in [0.1, 0.15) is 12.0 Å². The molecule has 1 amide bonds. The first-order chi connectivity index (χ1) is 21.1. The van der Waals surface area contributed by atoms with E-state index in [0.717, 1.165) is 44.3 Å². The predicted octanol–water partition coefficient (Wildman–Crippen LogP) is 6.36. The number of aliphatic carboxylic acids is 1. The third-order valence-corrected chi connectivity index (χ3v) is 6.62. The van der Waals surface area contributed by atoms with Crippen molar-refractivity contribution in [2.24, 2.45) is 0 Å². The summed E-state index contributed by atoms with van der Waals surface area (Å²) in [5.41, 5.74) is 4.37. The van der Waals surface area contributed by atoms with E-state index in [2.05, 4.69) is 31.4 Å². The number of fused-ring (bicyclic) bond motifs is 2. The number of alkyl halides is 3. The number of aromatic amines is 1. The number of nitriles is 1. The molecule has 0 radical (unpaired) electrons. The highest BCUT2D eigenvalue weighted by Gasteiger charge is 2.38. The molecule has 3 aromatic heterocycles. The molecule has 6 rings (SSSR count). The lowest BCUT2D eigenvalue weighted by Crippen LogP contribution is -2.21. The lowest BCUT2D eigenvalue weighted by Gasteiger charge is -2.16. The molecule has 13 heteroatoms. The highest BCUT2D eigenvalue weighted by atomic mass is 19.4. The summed E-state index contributed by atoms with van der Waals surface area (Å²) < 4.78 is 33.5. The van der Waals surface area contributed by atoms with Gasteiger partial charge in [0, 0.05) is 34.6 Å². The number of benzene rings is 3. The number of carbonyl (C=O) groups is 2. The van der Waals surface area contributed by atoms with Crippen molar-refractivity contribution in [3.8, 4) is 17.3 Å². The smallest absolute Gasteiger partial charge is 0.475 e. The molecule has 0 saturated carbocycles. The quantitative estimate of drug-likeness (QED) is 0.202. The number of carbonyl (C=O) groups excluding carboxylic acids is 1. The number of nitrogens with one attached hydrogen (secondary N) is 2. The molecule has 6 aromatic rings. The number of amides is 1. The Morgan fingerprint density at radius 3 is 2.55 bits per heavy atom. The van der Waals surface area contributed by atoms with Gasteiger partial charge < -0.3 is 15.4 Å². The van der Waals surface area contributed by atoms with Gasteiger partial charge >= 0.3 is 12.1 Å². The van der Waals surface area contributed by atoms with Crippen LogP contribution in [0.5, 0.6) is 0 Å². The lowest BCUT2D eigenvalue weighted by molar-refractivity contribution is -0.192. The lowest BCUT2D eigenvalue weighted by atomic mass is 10.0. The monoisotopic (exact) mass is 597 g/mol. The van der Waals surface area contributed by atoms with Gasteiger partial charge in [-0.3, -0.25) is 9.48 Å². The Bertz CT molecular complexity index is 2010. The minimum atomic E-state index is -5.08. The molecular weight excluding hydrogens is 575 g/mol. The van der Waals surface area contributed by atoms with Crippen LogP contribution in [0.15, 0.2) is 97.7 Å². The summed E-state index contributed by atoms with van der Waals surface area (Å²) in [6, 6.07) is 25.0. The normalized spacial score (nSPS) is 11.8. The summed E-state index contributed by atoms with van der Waals surface area (Å²) in [5.74, 6) is -2.97. The molecule has 3 heterocycles. The number of carboxylic acid groups (broad SMARTS) is 1.